The van der Waals surface area contributed by atoms with E-state index in [9.17, 15) is 0 Å². The molecule has 2 aromatic heterocycles. The number of hydrogen-bond acceptors (Lipinski definition) is 3. The van der Waals surface area contributed by atoms with Crippen LogP contribution in [0.4, 0.5) is 0 Å². The molecule has 7 aromatic carbocycles. The highest BCUT2D eigenvalue weighted by molar-refractivity contribution is 6.23. The fraction of sp³-hybridized carbons (Fsp3) is 0. The molecule has 3 heteroatoms. The van der Waals surface area contributed by atoms with Crippen molar-refractivity contribution in [2.24, 2.45) is 0 Å². The third kappa shape index (κ3) is 3.75. The zero-order chi connectivity index (χ0) is 28.3. The monoisotopic (exact) mass is 548 g/mol. The van der Waals surface area contributed by atoms with E-state index in [4.69, 9.17) is 14.4 Å². The highest BCUT2D eigenvalue weighted by atomic mass is 16.3. The van der Waals surface area contributed by atoms with E-state index in [2.05, 4.69) is 127 Å². The average Bonchev–Trinajstić information content (AvgIpc) is 3.46. The van der Waals surface area contributed by atoms with Gasteiger partial charge >= 0.3 is 0 Å². The number of aromatic nitrogens is 2. The van der Waals surface area contributed by atoms with Crippen molar-refractivity contribution in [1.82, 2.24) is 9.97 Å². The molecule has 3 nitrogen and oxygen atoms in total. The van der Waals surface area contributed by atoms with Crippen LogP contribution in [0.3, 0.4) is 0 Å². The second-order valence-electron chi connectivity index (χ2n) is 11.0. The van der Waals surface area contributed by atoms with Crippen LogP contribution in [0.2, 0.25) is 0 Å². The molecule has 0 aliphatic heterocycles. The standard InChI is InChI=1S/C40H24N2O/c1-2-10-26(11-3-1)37-38(42-40-33-16-7-5-13-30(33)29-12-4-6-15-32(29)39(40)41-37)27-20-18-25(19-21-27)28-22-23-36-34(24-28)31-14-8-9-17-35(31)43-36/h1-24H. The first-order valence-corrected chi connectivity index (χ1v) is 14.5. The van der Waals surface area contributed by atoms with Crippen LogP contribution in [0.5, 0.6) is 0 Å². The van der Waals surface area contributed by atoms with Crippen LogP contribution >= 0.6 is 0 Å². The van der Waals surface area contributed by atoms with Gasteiger partial charge in [0, 0.05) is 32.7 Å². The van der Waals surface area contributed by atoms with Gasteiger partial charge in [-0.15, -0.1) is 0 Å². The number of benzene rings is 7. The Hall–Kier alpha value is -5.80. The summed E-state index contributed by atoms with van der Waals surface area (Å²) < 4.78 is 6.05. The van der Waals surface area contributed by atoms with Gasteiger partial charge in [0.25, 0.3) is 0 Å². The molecule has 0 aliphatic carbocycles. The molecular formula is C40H24N2O. The van der Waals surface area contributed by atoms with E-state index in [1.807, 2.05) is 18.2 Å². The molecule has 0 fully saturated rings. The summed E-state index contributed by atoms with van der Waals surface area (Å²) in [5.74, 6) is 0. The molecule has 0 unspecified atom stereocenters. The van der Waals surface area contributed by atoms with Crippen molar-refractivity contribution >= 4 is 54.5 Å². The lowest BCUT2D eigenvalue weighted by Crippen LogP contribution is -1.97. The molecule has 43 heavy (non-hydrogen) atoms. The highest BCUT2D eigenvalue weighted by Gasteiger charge is 2.18. The van der Waals surface area contributed by atoms with Gasteiger partial charge in [0.05, 0.1) is 22.4 Å². The first-order valence-electron chi connectivity index (χ1n) is 14.5. The molecule has 0 bridgehead atoms. The SMILES string of the molecule is c1ccc(-c2nc3c4ccccc4c4ccccc4c3nc2-c2ccc(-c3ccc4oc5ccccc5c4c3)cc2)cc1. The minimum atomic E-state index is 0.877. The Bertz CT molecular complexity index is 2490. The Kier molecular flexibility index (Phi) is 5.20. The molecule has 0 saturated heterocycles. The quantitative estimate of drug-likeness (QED) is 0.206. The van der Waals surface area contributed by atoms with Gasteiger partial charge < -0.3 is 4.42 Å². The third-order valence-corrected chi connectivity index (χ3v) is 8.47. The number of rotatable bonds is 3. The topological polar surface area (TPSA) is 38.9 Å². The summed E-state index contributed by atoms with van der Waals surface area (Å²) in [4.78, 5) is 10.8. The van der Waals surface area contributed by atoms with Crippen LogP contribution in [-0.4, -0.2) is 9.97 Å². The average molecular weight is 549 g/mol. The maximum Gasteiger partial charge on any atom is 0.135 e. The number of nitrogens with zero attached hydrogens (tertiary/aromatic N) is 2. The number of fused-ring (bicyclic) bond motifs is 9. The van der Waals surface area contributed by atoms with Gasteiger partial charge in [-0.2, -0.15) is 0 Å². The van der Waals surface area contributed by atoms with Gasteiger partial charge in [-0.3, -0.25) is 0 Å². The van der Waals surface area contributed by atoms with E-state index < -0.39 is 0 Å². The van der Waals surface area contributed by atoms with Crippen molar-refractivity contribution in [2.75, 3.05) is 0 Å². The molecule has 9 aromatic rings. The summed E-state index contributed by atoms with van der Waals surface area (Å²) in [6, 6.07) is 50.7. The summed E-state index contributed by atoms with van der Waals surface area (Å²) in [6.07, 6.45) is 0. The number of furan rings is 1. The molecule has 0 amide bonds. The van der Waals surface area contributed by atoms with Crippen molar-refractivity contribution in [3.8, 4) is 33.6 Å². The van der Waals surface area contributed by atoms with E-state index in [1.165, 1.54) is 10.8 Å². The lowest BCUT2D eigenvalue weighted by atomic mass is 9.97. The van der Waals surface area contributed by atoms with E-state index in [0.29, 0.717) is 0 Å². The van der Waals surface area contributed by atoms with Crippen LogP contribution in [0.15, 0.2) is 150 Å². The van der Waals surface area contributed by atoms with Gasteiger partial charge in [-0.1, -0.05) is 127 Å². The molecule has 0 atom stereocenters. The molecule has 200 valence electrons. The smallest absolute Gasteiger partial charge is 0.135 e. The summed E-state index contributed by atoms with van der Waals surface area (Å²) in [7, 11) is 0. The minimum absolute atomic E-state index is 0.877. The molecule has 0 aliphatic rings. The fourth-order valence-electron chi connectivity index (χ4n) is 6.38. The fourth-order valence-corrected chi connectivity index (χ4v) is 6.38. The van der Waals surface area contributed by atoms with Crippen molar-refractivity contribution in [1.29, 1.82) is 0 Å². The summed E-state index contributed by atoms with van der Waals surface area (Å²) in [6.45, 7) is 0. The van der Waals surface area contributed by atoms with Crippen molar-refractivity contribution in [3.63, 3.8) is 0 Å². The van der Waals surface area contributed by atoms with E-state index >= 15 is 0 Å². The van der Waals surface area contributed by atoms with Gasteiger partial charge in [0.15, 0.2) is 0 Å². The predicted octanol–water partition coefficient (Wildman–Crippen LogP) is 10.8. The van der Waals surface area contributed by atoms with E-state index in [0.717, 1.165) is 77.4 Å². The van der Waals surface area contributed by atoms with Crippen LogP contribution in [0.1, 0.15) is 0 Å². The number of para-hydroxylation sites is 1. The first-order chi connectivity index (χ1) is 21.3. The predicted molar refractivity (Wildman–Crippen MR) is 178 cm³/mol. The Morgan fingerprint density at radius 1 is 0.326 bits per heavy atom. The summed E-state index contributed by atoms with van der Waals surface area (Å²) >= 11 is 0. The molecule has 0 radical (unpaired) electrons. The molecule has 0 N–H and O–H groups in total. The molecule has 0 spiro atoms. The van der Waals surface area contributed by atoms with E-state index in [-0.39, 0.29) is 0 Å². The van der Waals surface area contributed by atoms with Crippen LogP contribution in [0.25, 0.3) is 88.2 Å². The van der Waals surface area contributed by atoms with Gasteiger partial charge in [0.2, 0.25) is 0 Å². The maximum atomic E-state index is 6.05. The minimum Gasteiger partial charge on any atom is -0.456 e. The van der Waals surface area contributed by atoms with E-state index in [1.54, 1.807) is 0 Å². The lowest BCUT2D eigenvalue weighted by molar-refractivity contribution is 0.669. The van der Waals surface area contributed by atoms with Crippen LogP contribution in [-0.2, 0) is 0 Å². The molecular weight excluding hydrogens is 524 g/mol. The second-order valence-corrected chi connectivity index (χ2v) is 11.0. The molecule has 0 saturated carbocycles. The zero-order valence-electron chi connectivity index (χ0n) is 23.2. The second kappa shape index (κ2) is 9.37. The Morgan fingerprint density at radius 2 is 0.791 bits per heavy atom. The van der Waals surface area contributed by atoms with Crippen LogP contribution in [0, 0.1) is 0 Å². The Morgan fingerprint density at radius 3 is 1.44 bits per heavy atom. The lowest BCUT2D eigenvalue weighted by Gasteiger charge is -2.15. The zero-order valence-corrected chi connectivity index (χ0v) is 23.2. The Balaban J connectivity index is 1.25. The van der Waals surface area contributed by atoms with Gasteiger partial charge in [-0.25, -0.2) is 9.97 Å². The van der Waals surface area contributed by atoms with Crippen molar-refractivity contribution in [3.05, 3.63) is 146 Å². The summed E-state index contributed by atoms with van der Waals surface area (Å²) in [5, 5.41) is 6.87. The normalized spacial score (nSPS) is 11.7. The first kappa shape index (κ1) is 23.9. The van der Waals surface area contributed by atoms with Gasteiger partial charge in [0.1, 0.15) is 11.2 Å². The van der Waals surface area contributed by atoms with Crippen molar-refractivity contribution < 1.29 is 4.42 Å². The van der Waals surface area contributed by atoms with Gasteiger partial charge in [-0.05, 0) is 40.1 Å². The molecule has 9 rings (SSSR count). The largest absolute Gasteiger partial charge is 0.456 e. The maximum absolute atomic E-state index is 6.05. The Labute approximate surface area is 247 Å². The van der Waals surface area contributed by atoms with Crippen molar-refractivity contribution in [2.45, 2.75) is 0 Å². The van der Waals surface area contributed by atoms with Crippen LogP contribution < -0.4 is 0 Å². The number of hydrogen-bond donors (Lipinski definition) is 0. The molecule has 2 heterocycles. The third-order valence-electron chi connectivity index (χ3n) is 8.47. The summed E-state index contributed by atoms with van der Waals surface area (Å²) in [5.41, 5.74) is 9.79. The highest BCUT2D eigenvalue weighted by Crippen LogP contribution is 2.39.